The topological polar surface area (TPSA) is 116 Å². The highest BCUT2D eigenvalue weighted by Crippen LogP contribution is 2.17. The maximum atomic E-state index is 12.2. The van der Waals surface area contributed by atoms with E-state index in [1.165, 1.54) is 12.1 Å². The maximum absolute atomic E-state index is 12.2. The Kier molecular flexibility index (Phi) is 7.20. The minimum atomic E-state index is -3.53. The first-order valence-corrected chi connectivity index (χ1v) is 10.5. The Morgan fingerprint density at radius 2 is 1.78 bits per heavy atom. The molecule has 1 aliphatic heterocycles. The van der Waals surface area contributed by atoms with Crippen molar-refractivity contribution in [3.63, 3.8) is 0 Å². The summed E-state index contributed by atoms with van der Waals surface area (Å²) >= 11 is 0. The normalized spacial score (nSPS) is 15.7. The smallest absolute Gasteiger partial charge is 0.317 e. The highest BCUT2D eigenvalue weighted by Gasteiger charge is 2.26. The first-order valence-electron chi connectivity index (χ1n) is 9.03. The molecule has 0 spiro atoms. The molecular weight excluding hydrogens is 370 g/mol. The molecular formula is C18H27N3O5S. The van der Waals surface area contributed by atoms with Crippen LogP contribution >= 0.6 is 0 Å². The summed E-state index contributed by atoms with van der Waals surface area (Å²) in [7, 11) is -3.53. The van der Waals surface area contributed by atoms with Crippen molar-refractivity contribution in [1.29, 1.82) is 0 Å². The van der Waals surface area contributed by atoms with Crippen molar-refractivity contribution in [2.75, 3.05) is 19.6 Å². The number of carboxylic acids is 1. The van der Waals surface area contributed by atoms with Crippen LogP contribution < -0.4 is 10.0 Å². The second kappa shape index (κ2) is 9.18. The molecule has 2 rings (SSSR count). The van der Waals surface area contributed by atoms with Crippen molar-refractivity contribution in [2.24, 2.45) is 11.8 Å². The Balaban J connectivity index is 1.84. The fourth-order valence-electron chi connectivity index (χ4n) is 2.77. The van der Waals surface area contributed by atoms with Gasteiger partial charge in [-0.25, -0.2) is 17.9 Å². The molecule has 1 fully saturated rings. The second-order valence-electron chi connectivity index (χ2n) is 7.15. The molecule has 27 heavy (non-hydrogen) atoms. The zero-order chi connectivity index (χ0) is 20.0. The molecule has 0 unspecified atom stereocenters. The van der Waals surface area contributed by atoms with Gasteiger partial charge in [0.2, 0.25) is 10.0 Å². The molecule has 0 aromatic heterocycles. The van der Waals surface area contributed by atoms with Crippen LogP contribution in [0.15, 0.2) is 29.2 Å². The van der Waals surface area contributed by atoms with Gasteiger partial charge < -0.3 is 15.3 Å². The van der Waals surface area contributed by atoms with E-state index in [1.54, 1.807) is 17.0 Å². The number of sulfonamides is 1. The van der Waals surface area contributed by atoms with Crippen LogP contribution in [0, 0.1) is 11.8 Å². The van der Waals surface area contributed by atoms with Crippen molar-refractivity contribution >= 4 is 22.0 Å². The third kappa shape index (κ3) is 6.21. The van der Waals surface area contributed by atoms with Gasteiger partial charge >= 0.3 is 12.0 Å². The average Bonchev–Trinajstić information content (AvgIpc) is 2.65. The molecule has 8 nitrogen and oxygen atoms in total. The van der Waals surface area contributed by atoms with E-state index in [-0.39, 0.29) is 29.3 Å². The van der Waals surface area contributed by atoms with E-state index in [9.17, 15) is 18.0 Å². The molecule has 150 valence electrons. The van der Waals surface area contributed by atoms with E-state index >= 15 is 0 Å². The fraction of sp³-hybridized carbons (Fsp3) is 0.556. The van der Waals surface area contributed by atoms with Gasteiger partial charge in [-0.2, -0.15) is 0 Å². The van der Waals surface area contributed by atoms with Crippen LogP contribution in [0.25, 0.3) is 0 Å². The summed E-state index contributed by atoms with van der Waals surface area (Å²) in [5.41, 5.74) is 0.784. The van der Waals surface area contributed by atoms with Gasteiger partial charge in [0.15, 0.2) is 0 Å². The molecule has 1 heterocycles. The summed E-state index contributed by atoms with van der Waals surface area (Å²) < 4.78 is 26.9. The van der Waals surface area contributed by atoms with Crippen LogP contribution in [-0.2, 0) is 21.4 Å². The molecule has 3 N–H and O–H groups in total. The molecule has 9 heteroatoms. The minimum Gasteiger partial charge on any atom is -0.481 e. The van der Waals surface area contributed by atoms with Crippen molar-refractivity contribution in [3.05, 3.63) is 29.8 Å². The van der Waals surface area contributed by atoms with Crippen LogP contribution in [0.1, 0.15) is 32.3 Å². The summed E-state index contributed by atoms with van der Waals surface area (Å²) in [6, 6.07) is 6.13. The van der Waals surface area contributed by atoms with E-state index in [1.807, 2.05) is 13.8 Å². The molecule has 1 aliphatic rings. The van der Waals surface area contributed by atoms with Gasteiger partial charge in [-0.05, 0) is 36.5 Å². The number of aliphatic carboxylic acids is 1. The number of nitrogens with one attached hydrogen (secondary N) is 2. The first kappa shape index (κ1) is 21.2. The number of hydrogen-bond donors (Lipinski definition) is 3. The number of likely N-dealkylation sites (tertiary alicyclic amines) is 1. The first-order chi connectivity index (χ1) is 12.7. The van der Waals surface area contributed by atoms with Crippen molar-refractivity contribution in [3.8, 4) is 0 Å². The molecule has 1 saturated heterocycles. The summed E-state index contributed by atoms with van der Waals surface area (Å²) in [6.07, 6.45) is 0.914. The predicted molar refractivity (Wildman–Crippen MR) is 101 cm³/mol. The lowest BCUT2D eigenvalue weighted by Gasteiger charge is -2.30. The van der Waals surface area contributed by atoms with Gasteiger partial charge in [-0.1, -0.05) is 26.0 Å². The summed E-state index contributed by atoms with van der Waals surface area (Å²) in [5.74, 6) is -0.976. The average molecular weight is 397 g/mol. The molecule has 0 bridgehead atoms. The molecule has 0 atom stereocenters. The van der Waals surface area contributed by atoms with Gasteiger partial charge in [0.25, 0.3) is 0 Å². The quantitative estimate of drug-likeness (QED) is 0.647. The molecule has 2 amide bonds. The third-order valence-electron chi connectivity index (χ3n) is 4.49. The van der Waals surface area contributed by atoms with Crippen molar-refractivity contribution in [1.82, 2.24) is 14.9 Å². The third-order valence-corrected chi connectivity index (χ3v) is 5.93. The number of carboxylic acid groups (broad SMARTS) is 1. The Morgan fingerprint density at radius 1 is 1.19 bits per heavy atom. The predicted octanol–water partition coefficient (Wildman–Crippen LogP) is 1.63. The summed E-state index contributed by atoms with van der Waals surface area (Å²) in [4.78, 5) is 24.9. The number of nitrogens with zero attached hydrogens (tertiary/aromatic N) is 1. The minimum absolute atomic E-state index is 0.189. The van der Waals surface area contributed by atoms with Crippen LogP contribution in [-0.4, -0.2) is 50.1 Å². The number of piperidine rings is 1. The lowest BCUT2D eigenvalue weighted by molar-refractivity contribution is -0.143. The molecule has 0 aliphatic carbocycles. The van der Waals surface area contributed by atoms with Crippen LogP contribution in [0.5, 0.6) is 0 Å². The number of rotatable bonds is 7. The SMILES string of the molecule is CC(C)CNS(=O)(=O)c1ccc(CNC(=O)N2CCC(C(=O)O)CC2)cc1. The van der Waals surface area contributed by atoms with Gasteiger partial charge in [0, 0.05) is 26.2 Å². The zero-order valence-corrected chi connectivity index (χ0v) is 16.5. The van der Waals surface area contributed by atoms with Gasteiger partial charge in [-0.3, -0.25) is 4.79 Å². The summed E-state index contributed by atoms with van der Waals surface area (Å²) in [6.45, 7) is 5.34. The number of carbonyl (C=O) groups excluding carboxylic acids is 1. The monoisotopic (exact) mass is 397 g/mol. The number of urea groups is 1. The van der Waals surface area contributed by atoms with Gasteiger partial charge in [0.05, 0.1) is 10.8 Å². The highest BCUT2D eigenvalue weighted by atomic mass is 32.2. The van der Waals surface area contributed by atoms with Crippen LogP contribution in [0.2, 0.25) is 0 Å². The largest absolute Gasteiger partial charge is 0.481 e. The lowest BCUT2D eigenvalue weighted by Crippen LogP contribution is -2.45. The zero-order valence-electron chi connectivity index (χ0n) is 15.6. The Labute approximate surface area is 160 Å². The van der Waals surface area contributed by atoms with E-state index in [4.69, 9.17) is 5.11 Å². The number of carbonyl (C=O) groups is 2. The Bertz CT molecular complexity index is 754. The van der Waals surface area contributed by atoms with Crippen LogP contribution in [0.4, 0.5) is 4.79 Å². The summed E-state index contributed by atoms with van der Waals surface area (Å²) in [5, 5.41) is 11.8. The van der Waals surface area contributed by atoms with E-state index in [2.05, 4.69) is 10.0 Å². The Morgan fingerprint density at radius 3 is 2.30 bits per heavy atom. The second-order valence-corrected chi connectivity index (χ2v) is 8.91. The maximum Gasteiger partial charge on any atom is 0.317 e. The van der Waals surface area contributed by atoms with Crippen LogP contribution in [0.3, 0.4) is 0 Å². The number of amides is 2. The molecule has 0 saturated carbocycles. The molecule has 1 aromatic carbocycles. The van der Waals surface area contributed by atoms with Gasteiger partial charge in [-0.15, -0.1) is 0 Å². The standard InChI is InChI=1S/C18H27N3O5S/c1-13(2)11-20-27(25,26)16-5-3-14(4-6-16)12-19-18(24)21-9-7-15(8-10-21)17(22)23/h3-6,13,15,20H,7-12H2,1-2H3,(H,19,24)(H,22,23). The van der Waals surface area contributed by atoms with Crippen molar-refractivity contribution < 1.29 is 23.1 Å². The van der Waals surface area contributed by atoms with Gasteiger partial charge in [0.1, 0.15) is 0 Å². The van der Waals surface area contributed by atoms with E-state index < -0.39 is 16.0 Å². The lowest BCUT2D eigenvalue weighted by atomic mass is 9.97. The molecule has 1 aromatic rings. The Hall–Kier alpha value is -2.13. The van der Waals surface area contributed by atoms with E-state index in [0.29, 0.717) is 32.5 Å². The van der Waals surface area contributed by atoms with Crippen molar-refractivity contribution in [2.45, 2.75) is 38.1 Å². The fourth-order valence-corrected chi connectivity index (χ4v) is 3.98. The number of benzene rings is 1. The molecule has 0 radical (unpaired) electrons. The highest BCUT2D eigenvalue weighted by molar-refractivity contribution is 7.89. The number of hydrogen-bond acceptors (Lipinski definition) is 4. The van der Waals surface area contributed by atoms with E-state index in [0.717, 1.165) is 5.56 Å².